The summed E-state index contributed by atoms with van der Waals surface area (Å²) in [7, 11) is 0. The highest BCUT2D eigenvalue weighted by Gasteiger charge is 2.16. The predicted octanol–water partition coefficient (Wildman–Crippen LogP) is 4.42. The van der Waals surface area contributed by atoms with E-state index in [2.05, 4.69) is 9.88 Å². The van der Waals surface area contributed by atoms with Crippen molar-refractivity contribution in [2.24, 2.45) is 0 Å². The van der Waals surface area contributed by atoms with Gasteiger partial charge in [0, 0.05) is 37.4 Å². The van der Waals surface area contributed by atoms with E-state index in [9.17, 15) is 14.9 Å². The van der Waals surface area contributed by atoms with Crippen LogP contribution >= 0.6 is 11.3 Å². The Balaban J connectivity index is 1.43. The molecule has 8 heteroatoms. The molecule has 0 radical (unpaired) electrons. The average Bonchev–Trinajstić information content (AvgIpc) is 3.35. The second-order valence-electron chi connectivity index (χ2n) is 6.42. The lowest BCUT2D eigenvalue weighted by Crippen LogP contribution is -2.16. The minimum atomic E-state index is -0.512. The van der Waals surface area contributed by atoms with E-state index in [-0.39, 0.29) is 5.69 Å². The fourth-order valence-corrected chi connectivity index (χ4v) is 4.07. The van der Waals surface area contributed by atoms with Gasteiger partial charge in [-0.15, -0.1) is 0 Å². The maximum absolute atomic E-state index is 12.1. The molecule has 28 heavy (non-hydrogen) atoms. The zero-order valence-electron chi connectivity index (χ0n) is 14.9. The van der Waals surface area contributed by atoms with Gasteiger partial charge in [0.15, 0.2) is 5.13 Å². The number of esters is 1. The number of hydrogen-bond acceptors (Lipinski definition) is 7. The molecule has 1 fully saturated rings. The Morgan fingerprint density at radius 2 is 1.93 bits per heavy atom. The lowest BCUT2D eigenvalue weighted by molar-refractivity contribution is -0.384. The molecule has 1 aliphatic rings. The van der Waals surface area contributed by atoms with Crippen LogP contribution in [0.4, 0.5) is 10.8 Å². The first-order valence-corrected chi connectivity index (χ1v) is 9.70. The monoisotopic (exact) mass is 395 g/mol. The van der Waals surface area contributed by atoms with Gasteiger partial charge in [-0.05, 0) is 48.7 Å². The molecule has 0 amide bonds. The van der Waals surface area contributed by atoms with Gasteiger partial charge in [0.25, 0.3) is 5.69 Å². The van der Waals surface area contributed by atoms with Crippen molar-refractivity contribution in [2.45, 2.75) is 12.8 Å². The normalized spacial score (nSPS) is 14.1. The molecule has 1 saturated heterocycles. The Labute approximate surface area is 165 Å². The van der Waals surface area contributed by atoms with Crippen LogP contribution in [-0.4, -0.2) is 29.0 Å². The van der Waals surface area contributed by atoms with Crippen molar-refractivity contribution in [1.29, 1.82) is 0 Å². The number of carbonyl (C=O) groups is 1. The summed E-state index contributed by atoms with van der Waals surface area (Å²) < 4.78 is 6.35. The Bertz CT molecular complexity index is 1050. The topological polar surface area (TPSA) is 85.6 Å². The highest BCUT2D eigenvalue weighted by Crippen LogP contribution is 2.33. The van der Waals surface area contributed by atoms with E-state index in [0.29, 0.717) is 11.3 Å². The number of fused-ring (bicyclic) bond motifs is 1. The summed E-state index contributed by atoms with van der Waals surface area (Å²) in [6.07, 6.45) is 5.25. The molecule has 2 aromatic carbocycles. The van der Waals surface area contributed by atoms with Gasteiger partial charge in [0.05, 0.1) is 15.1 Å². The van der Waals surface area contributed by atoms with E-state index in [1.165, 1.54) is 31.1 Å². The number of nitro benzene ring substituents is 1. The molecule has 0 bridgehead atoms. The molecule has 4 rings (SSSR count). The van der Waals surface area contributed by atoms with Crippen LogP contribution in [-0.2, 0) is 4.79 Å². The van der Waals surface area contributed by atoms with E-state index >= 15 is 0 Å². The van der Waals surface area contributed by atoms with Gasteiger partial charge in [-0.3, -0.25) is 10.1 Å². The van der Waals surface area contributed by atoms with Crippen molar-refractivity contribution < 1.29 is 14.5 Å². The Kier molecular flexibility index (Phi) is 5.03. The largest absolute Gasteiger partial charge is 0.423 e. The van der Waals surface area contributed by atoms with Crippen LogP contribution in [0.5, 0.6) is 5.75 Å². The SMILES string of the molecule is O=C(C=Cc1ccc([N+](=O)[O-])cc1)Oc1ccc2nc(N3CCCC3)sc2c1. The molecule has 0 unspecified atom stereocenters. The van der Waals surface area contributed by atoms with Crippen LogP contribution < -0.4 is 9.64 Å². The van der Waals surface area contributed by atoms with Gasteiger partial charge in [-0.1, -0.05) is 11.3 Å². The molecule has 3 aromatic rings. The summed E-state index contributed by atoms with van der Waals surface area (Å²) in [6, 6.07) is 11.3. The minimum absolute atomic E-state index is 0.00545. The van der Waals surface area contributed by atoms with Gasteiger partial charge in [0.1, 0.15) is 5.75 Å². The summed E-state index contributed by atoms with van der Waals surface area (Å²) in [5.41, 5.74) is 1.58. The predicted molar refractivity (Wildman–Crippen MR) is 109 cm³/mol. The number of non-ortho nitro benzene ring substituents is 1. The number of ether oxygens (including phenoxy) is 1. The second kappa shape index (κ2) is 7.77. The maximum Gasteiger partial charge on any atom is 0.336 e. The average molecular weight is 395 g/mol. The number of nitrogens with zero attached hydrogens (tertiary/aromatic N) is 3. The van der Waals surface area contributed by atoms with E-state index in [4.69, 9.17) is 4.74 Å². The number of hydrogen-bond donors (Lipinski definition) is 0. The first-order chi connectivity index (χ1) is 13.6. The number of thiazole rings is 1. The molecule has 0 N–H and O–H groups in total. The van der Waals surface area contributed by atoms with E-state index < -0.39 is 10.9 Å². The highest BCUT2D eigenvalue weighted by atomic mass is 32.1. The van der Waals surface area contributed by atoms with Gasteiger partial charge in [-0.2, -0.15) is 0 Å². The van der Waals surface area contributed by atoms with Crippen molar-refractivity contribution >= 4 is 44.4 Å². The first kappa shape index (κ1) is 18.1. The molecule has 7 nitrogen and oxygen atoms in total. The Morgan fingerprint density at radius 1 is 1.18 bits per heavy atom. The number of carbonyl (C=O) groups excluding carboxylic acids is 1. The fraction of sp³-hybridized carbons (Fsp3) is 0.200. The van der Waals surface area contributed by atoms with Crippen LogP contribution in [0.1, 0.15) is 18.4 Å². The Hall–Kier alpha value is -3.26. The lowest BCUT2D eigenvalue weighted by Gasteiger charge is -2.11. The zero-order valence-corrected chi connectivity index (χ0v) is 15.7. The Morgan fingerprint density at radius 3 is 2.64 bits per heavy atom. The van der Waals surface area contributed by atoms with Crippen molar-refractivity contribution in [1.82, 2.24) is 4.98 Å². The smallest absolute Gasteiger partial charge is 0.336 e. The van der Waals surface area contributed by atoms with Gasteiger partial charge in [-0.25, -0.2) is 9.78 Å². The van der Waals surface area contributed by atoms with Gasteiger partial charge < -0.3 is 9.64 Å². The molecule has 0 atom stereocenters. The third-order valence-electron chi connectivity index (χ3n) is 4.46. The molecular weight excluding hydrogens is 378 g/mol. The third kappa shape index (κ3) is 4.01. The number of aromatic nitrogens is 1. The molecular formula is C20H17N3O4S. The lowest BCUT2D eigenvalue weighted by atomic mass is 10.2. The zero-order chi connectivity index (χ0) is 19.5. The highest BCUT2D eigenvalue weighted by molar-refractivity contribution is 7.22. The number of nitro groups is 1. The van der Waals surface area contributed by atoms with Crippen LogP contribution in [0.25, 0.3) is 16.3 Å². The van der Waals surface area contributed by atoms with Crippen molar-refractivity contribution in [3.8, 4) is 5.75 Å². The number of benzene rings is 2. The quantitative estimate of drug-likeness (QED) is 0.209. The van der Waals surface area contributed by atoms with Crippen molar-refractivity contribution in [3.63, 3.8) is 0 Å². The summed E-state index contributed by atoms with van der Waals surface area (Å²) >= 11 is 1.60. The molecule has 0 saturated carbocycles. The van der Waals surface area contributed by atoms with Crippen LogP contribution in [0.2, 0.25) is 0 Å². The maximum atomic E-state index is 12.1. The van der Waals surface area contributed by atoms with E-state index in [1.807, 2.05) is 12.1 Å². The molecule has 0 aliphatic carbocycles. The van der Waals surface area contributed by atoms with Crippen molar-refractivity contribution in [3.05, 3.63) is 64.2 Å². The second-order valence-corrected chi connectivity index (χ2v) is 7.43. The number of anilines is 1. The van der Waals surface area contributed by atoms with Gasteiger partial charge in [0.2, 0.25) is 0 Å². The fourth-order valence-electron chi connectivity index (χ4n) is 3.02. The van der Waals surface area contributed by atoms with Crippen LogP contribution in [0.15, 0.2) is 48.5 Å². The first-order valence-electron chi connectivity index (χ1n) is 8.88. The minimum Gasteiger partial charge on any atom is -0.423 e. The summed E-state index contributed by atoms with van der Waals surface area (Å²) in [4.78, 5) is 29.2. The molecule has 0 spiro atoms. The molecule has 142 valence electrons. The summed E-state index contributed by atoms with van der Waals surface area (Å²) in [5.74, 6) is -0.0514. The third-order valence-corrected chi connectivity index (χ3v) is 5.54. The van der Waals surface area contributed by atoms with Crippen LogP contribution in [0.3, 0.4) is 0 Å². The standard InChI is InChI=1S/C20H17N3O4S/c24-19(10-5-14-3-6-15(7-4-14)23(25)26)27-16-8-9-17-18(13-16)28-20(21-17)22-11-1-2-12-22/h3-10,13H,1-2,11-12H2. The van der Waals surface area contributed by atoms with Crippen molar-refractivity contribution in [2.75, 3.05) is 18.0 Å². The van der Waals surface area contributed by atoms with Gasteiger partial charge >= 0.3 is 5.97 Å². The number of rotatable bonds is 5. The van der Waals surface area contributed by atoms with E-state index in [1.54, 1.807) is 35.6 Å². The molecule has 1 aliphatic heterocycles. The summed E-state index contributed by atoms with van der Waals surface area (Å²) in [5, 5.41) is 11.7. The van der Waals surface area contributed by atoms with E-state index in [0.717, 1.165) is 28.4 Å². The van der Waals surface area contributed by atoms with Crippen LogP contribution in [0, 0.1) is 10.1 Å². The molecule has 1 aromatic heterocycles. The molecule has 2 heterocycles. The summed E-state index contributed by atoms with van der Waals surface area (Å²) in [6.45, 7) is 2.07.